The largest absolute Gasteiger partial charge is 0.349 e. The Morgan fingerprint density at radius 1 is 1.15 bits per heavy atom. The van der Waals surface area contributed by atoms with E-state index in [4.69, 9.17) is 0 Å². The number of aromatic nitrogens is 3. The van der Waals surface area contributed by atoms with Crippen LogP contribution >= 0.6 is 11.3 Å². The van der Waals surface area contributed by atoms with Gasteiger partial charge in [-0.3, -0.25) is 0 Å². The highest BCUT2D eigenvalue weighted by molar-refractivity contribution is 7.89. The van der Waals surface area contributed by atoms with Crippen molar-refractivity contribution in [2.24, 2.45) is 7.05 Å². The van der Waals surface area contributed by atoms with Crippen LogP contribution in [0.25, 0.3) is 27.0 Å². The minimum atomic E-state index is -4.13. The minimum absolute atomic E-state index is 0.0873. The van der Waals surface area contributed by atoms with Gasteiger partial charge in [0.2, 0.25) is 20.0 Å². The molecule has 2 aliphatic rings. The summed E-state index contributed by atoms with van der Waals surface area (Å²) in [6.07, 6.45) is 1.81. The molecule has 1 saturated carbocycles. The molecule has 0 atom stereocenters. The summed E-state index contributed by atoms with van der Waals surface area (Å²) < 4.78 is 84.3. The molecule has 3 aromatic rings. The van der Waals surface area contributed by atoms with E-state index in [-0.39, 0.29) is 23.0 Å². The molecule has 0 amide bonds. The van der Waals surface area contributed by atoms with E-state index in [1.54, 1.807) is 37.7 Å². The van der Waals surface area contributed by atoms with Crippen LogP contribution in [0.4, 0.5) is 8.78 Å². The Morgan fingerprint density at radius 2 is 1.87 bits per heavy atom. The Balaban J connectivity index is 1.67. The number of nitrogens with one attached hydrogen (secondary N) is 1. The lowest BCUT2D eigenvalue weighted by atomic mass is 9.97. The second-order valence-corrected chi connectivity index (χ2v) is 15.2. The number of nitrogens with zero attached hydrogens (tertiary/aromatic N) is 5. The number of alkyl halides is 2. The van der Waals surface area contributed by atoms with Crippen molar-refractivity contribution < 1.29 is 25.6 Å². The van der Waals surface area contributed by atoms with Gasteiger partial charge in [0.15, 0.2) is 5.01 Å². The zero-order valence-corrected chi connectivity index (χ0v) is 23.8. The molecule has 1 aliphatic heterocycles. The first-order chi connectivity index (χ1) is 18.3. The van der Waals surface area contributed by atoms with Crippen LogP contribution in [0.1, 0.15) is 50.1 Å². The molecule has 208 valence electrons. The lowest BCUT2D eigenvalue weighted by Crippen LogP contribution is -2.39. The molecule has 0 bridgehead atoms. The molecular formula is C24H26F2N6O4S3. The van der Waals surface area contributed by atoms with Gasteiger partial charge in [-0.1, -0.05) is 17.4 Å². The predicted molar refractivity (Wildman–Crippen MR) is 143 cm³/mol. The number of benzene rings is 1. The number of nitriles is 1. The first kappa shape index (κ1) is 27.8. The molecule has 15 heteroatoms. The maximum absolute atomic E-state index is 13.4. The molecule has 5 rings (SSSR count). The van der Waals surface area contributed by atoms with Crippen LogP contribution in [0.15, 0.2) is 29.3 Å². The summed E-state index contributed by atoms with van der Waals surface area (Å²) in [4.78, 5) is -0.0873. The van der Waals surface area contributed by atoms with Gasteiger partial charge in [-0.2, -0.15) is 14.3 Å². The minimum Gasteiger partial charge on any atom is -0.349 e. The zero-order valence-electron chi connectivity index (χ0n) is 21.3. The third-order valence-electron chi connectivity index (χ3n) is 6.98. The third-order valence-corrected chi connectivity index (χ3v) is 11.7. The number of hydrogen-bond donors (Lipinski definition) is 1. The van der Waals surface area contributed by atoms with Crippen molar-refractivity contribution in [1.82, 2.24) is 23.8 Å². The monoisotopic (exact) mass is 596 g/mol. The standard InChI is InChI=1S/C24H26F2N6O4S3/c1-14(2)39(35,36)32-8-4-15(5-9-32)17-10-16(38(33,34)30-24(13-27)6-7-24)11-18-19(12-31(3)20(17)18)22-28-29-23(37-22)21(25)26/h4,10-12,14,21,30H,5-9H2,1-3H3. The molecular weight excluding hydrogens is 570 g/mol. The number of rotatable bonds is 8. The van der Waals surface area contributed by atoms with Crippen LogP contribution in [0.2, 0.25) is 0 Å². The zero-order chi connectivity index (χ0) is 28.3. The number of aryl methyl sites for hydroxylation is 1. The average molecular weight is 597 g/mol. The molecule has 0 radical (unpaired) electrons. The number of halogens is 2. The second kappa shape index (κ2) is 9.70. The van der Waals surface area contributed by atoms with Crippen molar-refractivity contribution in [3.8, 4) is 16.6 Å². The topological polar surface area (TPSA) is 138 Å². The van der Waals surface area contributed by atoms with Crippen LogP contribution in [0.3, 0.4) is 0 Å². The fourth-order valence-corrected chi connectivity index (χ4v) is 8.00. The molecule has 1 fully saturated rings. The van der Waals surface area contributed by atoms with E-state index >= 15 is 0 Å². The fraction of sp³-hybridized carbons (Fsp3) is 0.458. The average Bonchev–Trinajstić information content (AvgIpc) is 3.31. The van der Waals surface area contributed by atoms with Crippen LogP contribution < -0.4 is 4.72 Å². The first-order valence-electron chi connectivity index (χ1n) is 12.2. The normalized spacial score (nSPS) is 18.1. The van der Waals surface area contributed by atoms with Crippen molar-refractivity contribution in [3.05, 3.63) is 35.0 Å². The van der Waals surface area contributed by atoms with E-state index in [0.717, 1.165) is 16.9 Å². The van der Waals surface area contributed by atoms with Crippen LogP contribution in [-0.2, 0) is 27.1 Å². The van der Waals surface area contributed by atoms with Gasteiger partial charge in [0.05, 0.1) is 21.7 Å². The van der Waals surface area contributed by atoms with Gasteiger partial charge in [0, 0.05) is 42.8 Å². The molecule has 0 unspecified atom stereocenters. The maximum Gasteiger partial charge on any atom is 0.291 e. The SMILES string of the molecule is CC(C)S(=O)(=O)N1CC=C(c2cc(S(=O)(=O)NC3(C#N)CC3)cc3c(-c4nnc(C(F)F)s4)cn(C)c23)CC1. The molecule has 1 N–H and O–H groups in total. The van der Waals surface area contributed by atoms with Crippen molar-refractivity contribution in [1.29, 1.82) is 5.26 Å². The Labute approximate surface area is 229 Å². The van der Waals surface area contributed by atoms with E-state index in [1.807, 2.05) is 6.07 Å². The summed E-state index contributed by atoms with van der Waals surface area (Å²) in [6.45, 7) is 3.60. The smallest absolute Gasteiger partial charge is 0.291 e. The highest BCUT2D eigenvalue weighted by atomic mass is 32.2. The van der Waals surface area contributed by atoms with E-state index in [0.29, 0.717) is 41.3 Å². The molecule has 39 heavy (non-hydrogen) atoms. The predicted octanol–water partition coefficient (Wildman–Crippen LogP) is 3.80. The van der Waals surface area contributed by atoms with Crippen LogP contribution in [0, 0.1) is 11.3 Å². The van der Waals surface area contributed by atoms with Crippen molar-refractivity contribution in [3.63, 3.8) is 0 Å². The summed E-state index contributed by atoms with van der Waals surface area (Å²) in [5, 5.41) is 16.6. The van der Waals surface area contributed by atoms with E-state index < -0.39 is 42.3 Å². The van der Waals surface area contributed by atoms with Gasteiger partial charge in [0.25, 0.3) is 6.43 Å². The van der Waals surface area contributed by atoms with Crippen LogP contribution in [-0.4, -0.2) is 59.8 Å². The molecule has 1 aromatic carbocycles. The van der Waals surface area contributed by atoms with Gasteiger partial charge >= 0.3 is 0 Å². The van der Waals surface area contributed by atoms with Gasteiger partial charge in [-0.15, -0.1) is 10.2 Å². The summed E-state index contributed by atoms with van der Waals surface area (Å²) in [7, 11) is -5.85. The fourth-order valence-electron chi connectivity index (χ4n) is 4.63. The van der Waals surface area contributed by atoms with E-state index in [1.165, 1.54) is 16.4 Å². The maximum atomic E-state index is 13.4. The Hall–Kier alpha value is -2.77. The van der Waals surface area contributed by atoms with E-state index in [2.05, 4.69) is 14.9 Å². The second-order valence-electron chi connectivity index (χ2n) is 10.00. The van der Waals surface area contributed by atoms with Crippen molar-refractivity contribution in [2.45, 2.75) is 55.2 Å². The highest BCUT2D eigenvalue weighted by Gasteiger charge is 2.47. The van der Waals surface area contributed by atoms with Gasteiger partial charge < -0.3 is 4.57 Å². The summed E-state index contributed by atoms with van der Waals surface area (Å²) in [5.74, 6) is 0. The van der Waals surface area contributed by atoms with Crippen molar-refractivity contribution >= 4 is 47.9 Å². The Kier molecular flexibility index (Phi) is 6.91. The Morgan fingerprint density at radius 3 is 2.41 bits per heavy atom. The third kappa shape index (κ3) is 5.00. The van der Waals surface area contributed by atoms with Crippen molar-refractivity contribution in [2.75, 3.05) is 13.1 Å². The first-order valence-corrected chi connectivity index (χ1v) is 16.0. The summed E-state index contributed by atoms with van der Waals surface area (Å²) in [5.41, 5.74) is 1.27. The van der Waals surface area contributed by atoms with Crippen LogP contribution in [0.5, 0.6) is 0 Å². The molecule has 0 spiro atoms. The summed E-state index contributed by atoms with van der Waals surface area (Å²) >= 11 is 0.725. The summed E-state index contributed by atoms with van der Waals surface area (Å²) in [6, 6.07) is 4.99. The Bertz CT molecular complexity index is 1750. The number of hydrogen-bond acceptors (Lipinski definition) is 8. The quantitative estimate of drug-likeness (QED) is 0.418. The van der Waals surface area contributed by atoms with Gasteiger partial charge in [0.1, 0.15) is 10.5 Å². The number of fused-ring (bicyclic) bond motifs is 1. The lowest BCUT2D eigenvalue weighted by Gasteiger charge is -2.28. The lowest BCUT2D eigenvalue weighted by molar-refractivity contribution is 0.150. The molecule has 2 aromatic heterocycles. The van der Waals surface area contributed by atoms with Gasteiger partial charge in [-0.25, -0.2) is 25.6 Å². The molecule has 1 aliphatic carbocycles. The highest BCUT2D eigenvalue weighted by Crippen LogP contribution is 2.41. The molecule has 10 nitrogen and oxygen atoms in total. The number of sulfonamides is 2. The van der Waals surface area contributed by atoms with Gasteiger partial charge in [-0.05, 0) is 50.8 Å². The molecule has 3 heterocycles. The molecule has 0 saturated heterocycles. The van der Waals surface area contributed by atoms with E-state index in [9.17, 15) is 30.9 Å².